The first-order valence-electron chi connectivity index (χ1n) is 12.3. The second-order valence-electron chi connectivity index (χ2n) is 10.3. The molecule has 0 spiro atoms. The Morgan fingerprint density at radius 2 is 1.74 bits per heavy atom. The first-order valence-corrected chi connectivity index (χ1v) is 12.3. The van der Waals surface area contributed by atoms with Crippen molar-refractivity contribution in [3.8, 4) is 11.1 Å². The fourth-order valence-corrected chi connectivity index (χ4v) is 6.23. The highest BCUT2D eigenvalue weighted by Gasteiger charge is 2.66. The van der Waals surface area contributed by atoms with E-state index in [1.807, 2.05) is 36.4 Å². The van der Waals surface area contributed by atoms with Crippen molar-refractivity contribution < 1.29 is 24.2 Å². The van der Waals surface area contributed by atoms with E-state index in [-0.39, 0.29) is 36.3 Å². The summed E-state index contributed by atoms with van der Waals surface area (Å²) in [6, 6.07) is 16.1. The van der Waals surface area contributed by atoms with Gasteiger partial charge >= 0.3 is 12.1 Å². The Hall–Kier alpha value is -3.61. The maximum absolute atomic E-state index is 13.1. The molecule has 1 saturated heterocycles. The molecule has 180 valence electrons. The number of hydrogen-bond donors (Lipinski definition) is 2. The first kappa shape index (κ1) is 21.9. The van der Waals surface area contributed by atoms with Crippen molar-refractivity contribution in [2.24, 2.45) is 17.3 Å². The molecule has 2 amide bonds. The van der Waals surface area contributed by atoms with Crippen LogP contribution in [0.3, 0.4) is 0 Å². The second-order valence-corrected chi connectivity index (χ2v) is 10.3. The lowest BCUT2D eigenvalue weighted by molar-refractivity contribution is -0.144. The number of ether oxygens (including phenoxy) is 1. The Kier molecular flexibility index (Phi) is 5.16. The monoisotopic (exact) mass is 472 g/mol. The number of piperidine rings is 1. The number of likely N-dealkylation sites (tertiary alicyclic amines) is 1. The van der Waals surface area contributed by atoms with Crippen LogP contribution in [-0.2, 0) is 14.3 Å². The highest BCUT2D eigenvalue weighted by molar-refractivity contribution is 5.85. The molecule has 2 aromatic carbocycles. The van der Waals surface area contributed by atoms with Crippen LogP contribution in [0, 0.1) is 17.3 Å². The average Bonchev–Trinajstić information content (AvgIpc) is 3.30. The van der Waals surface area contributed by atoms with Gasteiger partial charge in [-0.3, -0.25) is 9.59 Å². The van der Waals surface area contributed by atoms with Gasteiger partial charge in [-0.25, -0.2) is 4.79 Å². The Labute approximate surface area is 203 Å². The lowest BCUT2D eigenvalue weighted by Gasteiger charge is -2.29. The van der Waals surface area contributed by atoms with Crippen molar-refractivity contribution in [2.45, 2.75) is 31.2 Å². The normalized spacial score (nSPS) is 28.1. The van der Waals surface area contributed by atoms with Crippen LogP contribution in [-0.4, -0.2) is 53.7 Å². The standard InChI is InChI=1S/C28H28N2O5/c31-25(30-14-18-13-28(18,16-30)26(32)33)17-6-5-7-19(12-17)29-27(34)35-15-24-22-10-3-1-8-20(22)21-9-2-4-11-23(21)24/h1-5,7-11,17-19,24H,6,12-16H2,(H,29,34)(H,32,33). The number of hydrogen-bond acceptors (Lipinski definition) is 4. The molecule has 2 fully saturated rings. The van der Waals surface area contributed by atoms with Crippen LogP contribution in [0.25, 0.3) is 11.1 Å². The fraction of sp³-hybridized carbons (Fsp3) is 0.393. The van der Waals surface area contributed by atoms with Crippen LogP contribution < -0.4 is 5.32 Å². The summed E-state index contributed by atoms with van der Waals surface area (Å²) in [7, 11) is 0. The number of carbonyl (C=O) groups is 3. The Bertz CT molecular complexity index is 1190. The van der Waals surface area contributed by atoms with Crippen molar-refractivity contribution in [3.63, 3.8) is 0 Å². The number of fused-ring (bicyclic) bond motifs is 4. The van der Waals surface area contributed by atoms with Gasteiger partial charge in [-0.1, -0.05) is 60.7 Å². The second kappa shape index (κ2) is 8.26. The Morgan fingerprint density at radius 3 is 2.40 bits per heavy atom. The molecule has 1 aliphatic heterocycles. The molecule has 4 aliphatic rings. The van der Waals surface area contributed by atoms with Crippen LogP contribution in [0.4, 0.5) is 4.79 Å². The largest absolute Gasteiger partial charge is 0.481 e. The number of aliphatic carboxylic acids is 1. The molecule has 0 aromatic heterocycles. The summed E-state index contributed by atoms with van der Waals surface area (Å²) in [5, 5.41) is 12.4. The van der Waals surface area contributed by atoms with Gasteiger partial charge in [0.05, 0.1) is 11.5 Å². The SMILES string of the molecule is O=C(NC1C=CCC(C(=O)N2CC3CC3(C(=O)O)C2)C1)OCC1c2ccccc2-c2ccccc21. The van der Waals surface area contributed by atoms with E-state index in [1.54, 1.807) is 4.90 Å². The number of carboxylic acid groups (broad SMARTS) is 1. The lowest BCUT2D eigenvalue weighted by atomic mass is 9.89. The molecule has 7 heteroatoms. The van der Waals surface area contributed by atoms with Gasteiger partial charge in [0.2, 0.25) is 5.91 Å². The molecule has 7 nitrogen and oxygen atoms in total. The highest BCUT2D eigenvalue weighted by atomic mass is 16.5. The third kappa shape index (κ3) is 3.70. The van der Waals surface area contributed by atoms with Gasteiger partial charge < -0.3 is 20.1 Å². The number of amides is 2. The van der Waals surface area contributed by atoms with Crippen LogP contribution in [0.15, 0.2) is 60.7 Å². The fourth-order valence-electron chi connectivity index (χ4n) is 6.23. The summed E-state index contributed by atoms with van der Waals surface area (Å²) < 4.78 is 5.65. The molecule has 1 heterocycles. The number of alkyl carbamates (subject to hydrolysis) is 1. The predicted molar refractivity (Wildman–Crippen MR) is 129 cm³/mol. The van der Waals surface area contributed by atoms with E-state index in [0.29, 0.717) is 32.4 Å². The summed E-state index contributed by atoms with van der Waals surface area (Å²) in [5.41, 5.74) is 3.95. The quantitative estimate of drug-likeness (QED) is 0.646. The summed E-state index contributed by atoms with van der Waals surface area (Å²) in [4.78, 5) is 39.0. The summed E-state index contributed by atoms with van der Waals surface area (Å²) in [6.45, 7) is 1.07. The van der Waals surface area contributed by atoms with E-state index < -0.39 is 17.5 Å². The predicted octanol–water partition coefficient (Wildman–Crippen LogP) is 3.79. The third-order valence-electron chi connectivity index (χ3n) is 8.21. The topological polar surface area (TPSA) is 95.9 Å². The highest BCUT2D eigenvalue weighted by Crippen LogP contribution is 2.58. The molecule has 2 N–H and O–H groups in total. The van der Waals surface area contributed by atoms with Gasteiger partial charge in [-0.15, -0.1) is 0 Å². The number of nitrogens with zero attached hydrogens (tertiary/aromatic N) is 1. The summed E-state index contributed by atoms with van der Waals surface area (Å²) in [5.74, 6) is -0.995. The van der Waals surface area contributed by atoms with E-state index in [1.165, 1.54) is 11.1 Å². The molecule has 0 bridgehead atoms. The van der Waals surface area contributed by atoms with Gasteiger partial charge in [0.1, 0.15) is 6.61 Å². The van der Waals surface area contributed by atoms with E-state index in [0.717, 1.165) is 11.1 Å². The van der Waals surface area contributed by atoms with E-state index in [2.05, 4.69) is 29.6 Å². The van der Waals surface area contributed by atoms with Crippen molar-refractivity contribution in [2.75, 3.05) is 19.7 Å². The zero-order valence-corrected chi connectivity index (χ0v) is 19.4. The number of nitrogens with one attached hydrogen (secondary N) is 1. The van der Waals surface area contributed by atoms with E-state index in [4.69, 9.17) is 4.74 Å². The number of rotatable bonds is 5. The summed E-state index contributed by atoms with van der Waals surface area (Å²) >= 11 is 0. The Balaban J connectivity index is 1.05. The van der Waals surface area contributed by atoms with Gasteiger partial charge in [-0.05, 0) is 47.4 Å². The number of benzene rings is 2. The van der Waals surface area contributed by atoms with Crippen molar-refractivity contribution in [1.82, 2.24) is 10.2 Å². The molecule has 35 heavy (non-hydrogen) atoms. The number of carbonyl (C=O) groups excluding carboxylic acids is 2. The van der Waals surface area contributed by atoms with Crippen molar-refractivity contribution in [3.05, 3.63) is 71.8 Å². The molecule has 2 aromatic rings. The maximum Gasteiger partial charge on any atom is 0.407 e. The molecule has 4 atom stereocenters. The zero-order valence-electron chi connectivity index (χ0n) is 19.4. The molecule has 4 unspecified atom stereocenters. The molecule has 1 saturated carbocycles. The van der Waals surface area contributed by atoms with Crippen molar-refractivity contribution >= 4 is 18.0 Å². The van der Waals surface area contributed by atoms with Gasteiger partial charge in [0.15, 0.2) is 0 Å². The average molecular weight is 473 g/mol. The maximum atomic E-state index is 13.1. The molecular formula is C28H28N2O5. The number of allylic oxidation sites excluding steroid dienone is 1. The molecule has 3 aliphatic carbocycles. The third-order valence-corrected chi connectivity index (χ3v) is 8.21. The van der Waals surface area contributed by atoms with Gasteiger partial charge in [0, 0.05) is 24.9 Å². The number of carboxylic acids is 1. The minimum atomic E-state index is -0.795. The van der Waals surface area contributed by atoms with Crippen molar-refractivity contribution in [1.29, 1.82) is 0 Å². The molecule has 6 rings (SSSR count). The minimum Gasteiger partial charge on any atom is -0.481 e. The first-order chi connectivity index (χ1) is 17.0. The molecular weight excluding hydrogens is 444 g/mol. The Morgan fingerprint density at radius 1 is 1.06 bits per heavy atom. The van der Waals surface area contributed by atoms with E-state index >= 15 is 0 Å². The van der Waals surface area contributed by atoms with Gasteiger partial charge in [0.25, 0.3) is 0 Å². The van der Waals surface area contributed by atoms with Gasteiger partial charge in [-0.2, -0.15) is 0 Å². The van der Waals surface area contributed by atoms with E-state index in [9.17, 15) is 19.5 Å². The minimum absolute atomic E-state index is 0.00692. The van der Waals surface area contributed by atoms with Crippen LogP contribution in [0.5, 0.6) is 0 Å². The van der Waals surface area contributed by atoms with Crippen LogP contribution in [0.2, 0.25) is 0 Å². The molecule has 0 radical (unpaired) electrons. The van der Waals surface area contributed by atoms with Crippen LogP contribution >= 0.6 is 0 Å². The lowest BCUT2D eigenvalue weighted by Crippen LogP contribution is -2.43. The zero-order chi connectivity index (χ0) is 24.2. The summed E-state index contributed by atoms with van der Waals surface area (Å²) in [6.07, 6.45) is 5.09. The van der Waals surface area contributed by atoms with Crippen LogP contribution in [0.1, 0.15) is 36.3 Å². The smallest absolute Gasteiger partial charge is 0.407 e.